The first-order chi connectivity index (χ1) is 17.3. The number of ether oxygens (including phenoxy) is 1. The van der Waals surface area contributed by atoms with Gasteiger partial charge in [-0.05, 0) is 87.9 Å². The van der Waals surface area contributed by atoms with E-state index in [2.05, 4.69) is 78.9 Å². The number of rotatable bonds is 2. The second-order valence-corrected chi connectivity index (χ2v) is 9.33. The largest absolute Gasteiger partial charge is 0.494 e. The van der Waals surface area contributed by atoms with Gasteiger partial charge in [0.15, 0.2) is 11.6 Å². The van der Waals surface area contributed by atoms with E-state index in [9.17, 15) is 0 Å². The van der Waals surface area contributed by atoms with Gasteiger partial charge in [0.1, 0.15) is 0 Å². The highest BCUT2D eigenvalue weighted by molar-refractivity contribution is 6.46. The Hall–Kier alpha value is -4.43. The first-order valence-electron chi connectivity index (χ1n) is 11.8. The van der Waals surface area contributed by atoms with E-state index in [4.69, 9.17) is 4.74 Å². The second kappa shape index (κ2) is 6.58. The van der Waals surface area contributed by atoms with E-state index in [-0.39, 0.29) is 11.6 Å². The zero-order chi connectivity index (χ0) is 23.3. The van der Waals surface area contributed by atoms with Crippen molar-refractivity contribution in [2.24, 2.45) is 0 Å². The maximum atomic E-state index is 15.1. The lowest BCUT2D eigenvalue weighted by molar-refractivity contribution is 0.386. The second-order valence-electron chi connectivity index (χ2n) is 9.33. The Bertz CT molecular complexity index is 2100. The molecular formula is C33H19FO. The molecule has 0 aliphatic heterocycles. The van der Waals surface area contributed by atoms with E-state index < -0.39 is 0 Å². The van der Waals surface area contributed by atoms with Crippen LogP contribution in [0.3, 0.4) is 0 Å². The van der Waals surface area contributed by atoms with E-state index in [1.807, 2.05) is 6.07 Å². The lowest BCUT2D eigenvalue weighted by atomic mass is 9.90. The van der Waals surface area contributed by atoms with Crippen LogP contribution in [0.2, 0.25) is 0 Å². The van der Waals surface area contributed by atoms with E-state index in [1.54, 1.807) is 12.1 Å². The molecule has 0 amide bonds. The summed E-state index contributed by atoms with van der Waals surface area (Å²) in [4.78, 5) is 0. The standard InChI is InChI=1S/C33H19FO/c1-35-27-16-15-19(17-26(27)34)29-32-22-10-3-2-9-20(22)21-11-6-14-25(30(21)32)31-23-12-4-7-18-8-5-13-24(28(18)23)33(29)31/h2-17H,1H3. The number of hydrogen-bond acceptors (Lipinski definition) is 1. The van der Waals surface area contributed by atoms with E-state index in [0.29, 0.717) is 0 Å². The lowest BCUT2D eigenvalue weighted by Crippen LogP contribution is -1.90. The van der Waals surface area contributed by atoms with Gasteiger partial charge in [-0.2, -0.15) is 0 Å². The minimum Gasteiger partial charge on any atom is -0.494 e. The average molecular weight is 451 g/mol. The topological polar surface area (TPSA) is 9.23 Å². The molecule has 0 aliphatic rings. The first kappa shape index (κ1) is 18.9. The summed E-state index contributed by atoms with van der Waals surface area (Å²) in [6, 6.07) is 33.6. The first-order valence-corrected chi connectivity index (χ1v) is 11.8. The zero-order valence-corrected chi connectivity index (χ0v) is 19.0. The molecule has 0 aliphatic carbocycles. The molecule has 2 heteroatoms. The minimum atomic E-state index is -0.348. The van der Waals surface area contributed by atoms with Gasteiger partial charge in [-0.1, -0.05) is 84.9 Å². The van der Waals surface area contributed by atoms with Crippen molar-refractivity contribution in [3.63, 3.8) is 0 Å². The maximum Gasteiger partial charge on any atom is 0.165 e. The van der Waals surface area contributed by atoms with Crippen LogP contribution in [0, 0.1) is 5.82 Å². The average Bonchev–Trinajstić information content (AvgIpc) is 3.41. The molecule has 0 radical (unpaired) electrons. The Morgan fingerprint density at radius 3 is 1.80 bits per heavy atom. The molecular weight excluding hydrogens is 431 g/mol. The van der Waals surface area contributed by atoms with Crippen LogP contribution in [0.1, 0.15) is 0 Å². The van der Waals surface area contributed by atoms with Crippen molar-refractivity contribution in [1.82, 2.24) is 0 Å². The summed E-state index contributed by atoms with van der Waals surface area (Å²) in [6.07, 6.45) is 0. The smallest absolute Gasteiger partial charge is 0.165 e. The van der Waals surface area contributed by atoms with Crippen LogP contribution in [0.5, 0.6) is 5.75 Å². The summed E-state index contributed by atoms with van der Waals surface area (Å²) < 4.78 is 20.4. The van der Waals surface area contributed by atoms with Crippen LogP contribution < -0.4 is 4.74 Å². The molecule has 8 rings (SSSR count). The van der Waals surface area contributed by atoms with Gasteiger partial charge in [0.25, 0.3) is 0 Å². The maximum absolute atomic E-state index is 15.1. The fraction of sp³-hybridized carbons (Fsp3) is 0.0303. The Labute approximate surface area is 200 Å². The van der Waals surface area contributed by atoms with Gasteiger partial charge in [0, 0.05) is 0 Å². The Morgan fingerprint density at radius 1 is 0.514 bits per heavy atom. The number of benzene rings is 6. The zero-order valence-electron chi connectivity index (χ0n) is 19.0. The fourth-order valence-electron chi connectivity index (χ4n) is 6.39. The number of methoxy groups -OCH3 is 1. The summed E-state index contributed by atoms with van der Waals surface area (Å²) in [5.41, 5.74) is 1.96. The van der Waals surface area contributed by atoms with Crippen LogP contribution >= 0.6 is 0 Å². The van der Waals surface area contributed by atoms with Crippen molar-refractivity contribution >= 4 is 64.6 Å². The highest BCUT2D eigenvalue weighted by atomic mass is 19.1. The predicted octanol–water partition coefficient (Wildman–Crippen LogP) is 9.30. The molecule has 0 heterocycles. The third kappa shape index (κ3) is 2.27. The summed E-state index contributed by atoms with van der Waals surface area (Å²) in [5, 5.41) is 14.8. The van der Waals surface area contributed by atoms with Crippen LogP contribution in [-0.2, 0) is 0 Å². The molecule has 0 N–H and O–H groups in total. The molecule has 0 fully saturated rings. The van der Waals surface area contributed by atoms with Gasteiger partial charge in [-0.3, -0.25) is 0 Å². The van der Waals surface area contributed by atoms with Crippen molar-refractivity contribution in [2.45, 2.75) is 0 Å². The summed E-state index contributed by atoms with van der Waals surface area (Å²) in [6.45, 7) is 0. The van der Waals surface area contributed by atoms with Crippen LogP contribution in [0.25, 0.3) is 75.8 Å². The Balaban J connectivity index is 1.76. The molecule has 0 spiro atoms. The molecule has 8 aromatic carbocycles. The molecule has 0 saturated heterocycles. The number of fused-ring (bicyclic) bond motifs is 7. The lowest BCUT2D eigenvalue weighted by Gasteiger charge is -2.13. The molecule has 0 atom stereocenters. The Kier molecular flexibility index (Phi) is 3.56. The molecule has 164 valence electrons. The molecule has 8 aromatic rings. The van der Waals surface area contributed by atoms with Crippen LogP contribution in [0.4, 0.5) is 4.39 Å². The van der Waals surface area contributed by atoms with Gasteiger partial charge in [0.05, 0.1) is 7.11 Å². The molecule has 0 aromatic heterocycles. The van der Waals surface area contributed by atoms with Crippen molar-refractivity contribution < 1.29 is 9.13 Å². The fourth-order valence-corrected chi connectivity index (χ4v) is 6.39. The van der Waals surface area contributed by atoms with Gasteiger partial charge < -0.3 is 4.74 Å². The molecule has 35 heavy (non-hydrogen) atoms. The molecule has 1 nitrogen and oxygen atoms in total. The highest BCUT2D eigenvalue weighted by Gasteiger charge is 2.24. The molecule has 0 unspecified atom stereocenters. The third-order valence-corrected chi connectivity index (χ3v) is 7.70. The molecule has 0 saturated carbocycles. The Morgan fingerprint density at radius 2 is 1.06 bits per heavy atom. The summed E-state index contributed by atoms with van der Waals surface area (Å²) in [5.74, 6) is -0.0894. The van der Waals surface area contributed by atoms with Gasteiger partial charge in [-0.15, -0.1) is 0 Å². The van der Waals surface area contributed by atoms with Crippen molar-refractivity contribution in [3.8, 4) is 16.9 Å². The van der Waals surface area contributed by atoms with Gasteiger partial charge in [0.2, 0.25) is 0 Å². The minimum absolute atomic E-state index is 0.258. The highest BCUT2D eigenvalue weighted by Crippen LogP contribution is 2.52. The van der Waals surface area contributed by atoms with E-state index >= 15 is 4.39 Å². The van der Waals surface area contributed by atoms with Crippen LogP contribution in [-0.4, -0.2) is 7.11 Å². The predicted molar refractivity (Wildman–Crippen MR) is 146 cm³/mol. The van der Waals surface area contributed by atoms with Gasteiger partial charge >= 0.3 is 0 Å². The number of hydrogen-bond donors (Lipinski definition) is 0. The van der Waals surface area contributed by atoms with E-state index in [1.165, 1.54) is 71.7 Å². The van der Waals surface area contributed by atoms with Crippen molar-refractivity contribution in [1.29, 1.82) is 0 Å². The quantitative estimate of drug-likeness (QED) is 0.255. The van der Waals surface area contributed by atoms with Crippen molar-refractivity contribution in [2.75, 3.05) is 7.11 Å². The van der Waals surface area contributed by atoms with Crippen LogP contribution in [0.15, 0.2) is 97.1 Å². The molecule has 0 bridgehead atoms. The van der Waals surface area contributed by atoms with Crippen molar-refractivity contribution in [3.05, 3.63) is 103 Å². The summed E-state index contributed by atoms with van der Waals surface area (Å²) in [7, 11) is 1.51. The number of halogens is 1. The SMILES string of the molecule is COc1ccc(-c2c3c4ccccc4c4cccc(c43)c3c4cccc5cccc(c23)c54)cc1F. The monoisotopic (exact) mass is 450 g/mol. The van der Waals surface area contributed by atoms with E-state index in [0.717, 1.165) is 11.1 Å². The summed E-state index contributed by atoms with van der Waals surface area (Å²) >= 11 is 0. The van der Waals surface area contributed by atoms with Gasteiger partial charge in [-0.25, -0.2) is 4.39 Å². The normalized spacial score (nSPS) is 12.3. The third-order valence-electron chi connectivity index (χ3n) is 7.70.